The minimum atomic E-state index is 0.624. The summed E-state index contributed by atoms with van der Waals surface area (Å²) in [5.41, 5.74) is 1.42. The normalized spacial score (nSPS) is 11.0. The second-order valence-corrected chi connectivity index (χ2v) is 7.46. The van der Waals surface area contributed by atoms with Crippen molar-refractivity contribution < 1.29 is 9.47 Å². The Balaban J connectivity index is 1.97. The van der Waals surface area contributed by atoms with Gasteiger partial charge in [0, 0.05) is 12.5 Å². The second-order valence-electron chi connectivity index (χ2n) is 7.08. The first-order valence-electron chi connectivity index (χ1n) is 10.7. The van der Waals surface area contributed by atoms with Gasteiger partial charge in [0.05, 0.1) is 6.61 Å². The molecule has 0 aliphatic rings. The SMILES string of the molecule is CCCCCCCCCc1ccc(OCCOCCCCCCCl)cc1. The van der Waals surface area contributed by atoms with Crippen molar-refractivity contribution in [3.05, 3.63) is 29.8 Å². The van der Waals surface area contributed by atoms with E-state index in [9.17, 15) is 0 Å². The van der Waals surface area contributed by atoms with E-state index in [1.807, 2.05) is 0 Å². The fourth-order valence-corrected chi connectivity index (χ4v) is 3.20. The Morgan fingerprint density at radius 1 is 0.692 bits per heavy atom. The molecule has 2 nitrogen and oxygen atoms in total. The van der Waals surface area contributed by atoms with Gasteiger partial charge in [-0.05, 0) is 43.4 Å². The third kappa shape index (κ3) is 13.5. The molecule has 0 amide bonds. The maximum Gasteiger partial charge on any atom is 0.119 e. The summed E-state index contributed by atoms with van der Waals surface area (Å²) in [6.07, 6.45) is 15.4. The van der Waals surface area contributed by atoms with E-state index < -0.39 is 0 Å². The maximum absolute atomic E-state index is 5.74. The van der Waals surface area contributed by atoms with Crippen LogP contribution in [0.1, 0.15) is 83.1 Å². The first-order valence-corrected chi connectivity index (χ1v) is 11.3. The van der Waals surface area contributed by atoms with Crippen LogP contribution in [0.2, 0.25) is 0 Å². The molecule has 0 saturated heterocycles. The summed E-state index contributed by atoms with van der Waals surface area (Å²) in [6, 6.07) is 8.57. The Labute approximate surface area is 166 Å². The van der Waals surface area contributed by atoms with Crippen molar-refractivity contribution in [1.82, 2.24) is 0 Å². The summed E-state index contributed by atoms with van der Waals surface area (Å²) < 4.78 is 11.3. The molecule has 0 unspecified atom stereocenters. The molecule has 0 aromatic heterocycles. The van der Waals surface area contributed by atoms with Crippen LogP contribution >= 0.6 is 11.6 Å². The first kappa shape index (κ1) is 23.3. The summed E-state index contributed by atoms with van der Waals surface area (Å²) in [4.78, 5) is 0. The number of alkyl halides is 1. The Kier molecular flexibility index (Phi) is 15.8. The number of ether oxygens (including phenoxy) is 2. The van der Waals surface area contributed by atoms with Crippen LogP contribution in [0, 0.1) is 0 Å². The molecule has 150 valence electrons. The molecule has 0 aliphatic heterocycles. The molecular formula is C23H39ClO2. The van der Waals surface area contributed by atoms with Crippen LogP contribution in [-0.2, 0) is 11.2 Å². The van der Waals surface area contributed by atoms with Crippen molar-refractivity contribution in [3.63, 3.8) is 0 Å². The lowest BCUT2D eigenvalue weighted by atomic mass is 10.0. The van der Waals surface area contributed by atoms with Crippen molar-refractivity contribution in [3.8, 4) is 5.75 Å². The van der Waals surface area contributed by atoms with Gasteiger partial charge in [-0.2, -0.15) is 0 Å². The van der Waals surface area contributed by atoms with Crippen molar-refractivity contribution in [1.29, 1.82) is 0 Å². The van der Waals surface area contributed by atoms with Gasteiger partial charge in [-0.25, -0.2) is 0 Å². The fourth-order valence-electron chi connectivity index (χ4n) is 3.01. The van der Waals surface area contributed by atoms with Crippen LogP contribution < -0.4 is 4.74 Å². The highest BCUT2D eigenvalue weighted by Crippen LogP contribution is 2.15. The summed E-state index contributed by atoms with van der Waals surface area (Å²) in [5.74, 6) is 1.71. The summed E-state index contributed by atoms with van der Waals surface area (Å²) in [7, 11) is 0. The lowest BCUT2D eigenvalue weighted by molar-refractivity contribution is 0.0971. The summed E-state index contributed by atoms with van der Waals surface area (Å²) in [5, 5.41) is 0. The van der Waals surface area contributed by atoms with Crippen LogP contribution in [0.15, 0.2) is 24.3 Å². The number of benzene rings is 1. The average Bonchev–Trinajstić information content (AvgIpc) is 2.67. The van der Waals surface area contributed by atoms with Crippen LogP contribution in [0.5, 0.6) is 5.75 Å². The molecule has 1 rings (SSSR count). The zero-order valence-electron chi connectivity index (χ0n) is 16.8. The molecule has 0 atom stereocenters. The lowest BCUT2D eigenvalue weighted by Gasteiger charge is -2.08. The highest BCUT2D eigenvalue weighted by atomic mass is 35.5. The number of halogens is 1. The number of hydrogen-bond donors (Lipinski definition) is 0. The highest BCUT2D eigenvalue weighted by Gasteiger charge is 1.98. The van der Waals surface area contributed by atoms with Crippen molar-refractivity contribution in [2.45, 2.75) is 84.0 Å². The molecule has 0 heterocycles. The third-order valence-corrected chi connectivity index (χ3v) is 4.93. The van der Waals surface area contributed by atoms with E-state index in [1.165, 1.54) is 69.8 Å². The van der Waals surface area contributed by atoms with E-state index in [4.69, 9.17) is 21.1 Å². The van der Waals surface area contributed by atoms with E-state index in [2.05, 4.69) is 31.2 Å². The van der Waals surface area contributed by atoms with Crippen LogP contribution in [0.3, 0.4) is 0 Å². The molecule has 0 spiro atoms. The predicted octanol–water partition coefficient (Wildman–Crippen LogP) is 7.17. The molecule has 3 heteroatoms. The van der Waals surface area contributed by atoms with E-state index in [1.54, 1.807) is 0 Å². The molecule has 1 aromatic rings. The molecule has 0 N–H and O–H groups in total. The highest BCUT2D eigenvalue weighted by molar-refractivity contribution is 6.17. The lowest BCUT2D eigenvalue weighted by Crippen LogP contribution is -2.07. The van der Waals surface area contributed by atoms with E-state index in [0.29, 0.717) is 13.2 Å². The number of unbranched alkanes of at least 4 members (excludes halogenated alkanes) is 9. The molecular weight excluding hydrogens is 344 g/mol. The Hall–Kier alpha value is -0.730. The molecule has 0 radical (unpaired) electrons. The maximum atomic E-state index is 5.74. The second kappa shape index (κ2) is 17.7. The molecule has 26 heavy (non-hydrogen) atoms. The Morgan fingerprint density at radius 3 is 2.08 bits per heavy atom. The van der Waals surface area contributed by atoms with Gasteiger partial charge < -0.3 is 9.47 Å². The minimum absolute atomic E-state index is 0.624. The monoisotopic (exact) mass is 382 g/mol. The average molecular weight is 383 g/mol. The Bertz CT molecular complexity index is 405. The van der Waals surface area contributed by atoms with Gasteiger partial charge in [0.2, 0.25) is 0 Å². The smallest absolute Gasteiger partial charge is 0.119 e. The van der Waals surface area contributed by atoms with Gasteiger partial charge >= 0.3 is 0 Å². The molecule has 0 saturated carbocycles. The molecule has 1 aromatic carbocycles. The van der Waals surface area contributed by atoms with Crippen LogP contribution in [-0.4, -0.2) is 25.7 Å². The topological polar surface area (TPSA) is 18.5 Å². The molecule has 0 fully saturated rings. The molecule has 0 bridgehead atoms. The van der Waals surface area contributed by atoms with Gasteiger partial charge in [0.1, 0.15) is 12.4 Å². The Morgan fingerprint density at radius 2 is 1.35 bits per heavy atom. The van der Waals surface area contributed by atoms with Crippen LogP contribution in [0.4, 0.5) is 0 Å². The van der Waals surface area contributed by atoms with Gasteiger partial charge in [-0.1, -0.05) is 70.4 Å². The number of rotatable bonds is 18. The number of hydrogen-bond acceptors (Lipinski definition) is 2. The summed E-state index contributed by atoms with van der Waals surface area (Å²) in [6.45, 7) is 4.38. The van der Waals surface area contributed by atoms with Crippen LogP contribution in [0.25, 0.3) is 0 Å². The quantitative estimate of drug-likeness (QED) is 0.198. The van der Waals surface area contributed by atoms with Crippen molar-refractivity contribution in [2.75, 3.05) is 25.7 Å². The first-order chi connectivity index (χ1) is 12.9. The predicted molar refractivity (Wildman–Crippen MR) is 114 cm³/mol. The van der Waals surface area contributed by atoms with Crippen molar-refractivity contribution >= 4 is 11.6 Å². The van der Waals surface area contributed by atoms with E-state index >= 15 is 0 Å². The largest absolute Gasteiger partial charge is 0.491 e. The van der Waals surface area contributed by atoms with E-state index in [0.717, 1.165) is 31.1 Å². The number of aryl methyl sites for hydroxylation is 1. The zero-order valence-corrected chi connectivity index (χ0v) is 17.6. The van der Waals surface area contributed by atoms with E-state index in [-0.39, 0.29) is 0 Å². The standard InChI is InChI=1S/C23H39ClO2/c1-2-3-4-5-6-7-10-13-22-14-16-23(17-15-22)26-21-20-25-19-12-9-8-11-18-24/h14-17H,2-13,18-21H2,1H3. The fraction of sp³-hybridized carbons (Fsp3) is 0.739. The van der Waals surface area contributed by atoms with Crippen molar-refractivity contribution in [2.24, 2.45) is 0 Å². The minimum Gasteiger partial charge on any atom is -0.491 e. The van der Waals surface area contributed by atoms with Gasteiger partial charge in [-0.3, -0.25) is 0 Å². The summed E-state index contributed by atoms with van der Waals surface area (Å²) >= 11 is 5.66. The van der Waals surface area contributed by atoms with Gasteiger partial charge in [-0.15, -0.1) is 11.6 Å². The third-order valence-electron chi connectivity index (χ3n) is 4.66. The molecule has 0 aliphatic carbocycles. The van der Waals surface area contributed by atoms with Gasteiger partial charge in [0.15, 0.2) is 0 Å². The van der Waals surface area contributed by atoms with Gasteiger partial charge in [0.25, 0.3) is 0 Å². The zero-order chi connectivity index (χ0) is 18.7.